The molecule has 1 aromatic rings. The Morgan fingerprint density at radius 1 is 1.31 bits per heavy atom. The van der Waals surface area contributed by atoms with Crippen molar-refractivity contribution in [3.63, 3.8) is 0 Å². The molecule has 0 atom stereocenters. The molecule has 0 bridgehead atoms. The van der Waals surface area contributed by atoms with E-state index in [0.717, 1.165) is 0 Å². The van der Waals surface area contributed by atoms with E-state index < -0.39 is 0 Å². The van der Waals surface area contributed by atoms with E-state index in [9.17, 15) is 4.79 Å². The van der Waals surface area contributed by atoms with E-state index in [2.05, 4.69) is 18.2 Å². The number of hydrogen-bond donors (Lipinski definition) is 0. The summed E-state index contributed by atoms with van der Waals surface area (Å²) in [7, 11) is 1.84. The van der Waals surface area contributed by atoms with Gasteiger partial charge in [0.15, 0.2) is 0 Å². The maximum absolute atomic E-state index is 11.4. The van der Waals surface area contributed by atoms with E-state index in [1.165, 1.54) is 11.1 Å². The van der Waals surface area contributed by atoms with Crippen molar-refractivity contribution in [1.29, 1.82) is 0 Å². The third-order valence-electron chi connectivity index (χ3n) is 2.43. The van der Waals surface area contributed by atoms with Gasteiger partial charge in [0.05, 0.1) is 0 Å². The van der Waals surface area contributed by atoms with Gasteiger partial charge >= 0.3 is 0 Å². The SMILES string of the molecule is CCC(=O)N(C)CC(C)=Cc1ccccc1. The predicted octanol–water partition coefficient (Wildman–Crippen LogP) is 2.96. The van der Waals surface area contributed by atoms with Crippen LogP contribution in [0.25, 0.3) is 6.08 Å². The second kappa shape index (κ2) is 6.11. The second-order valence-corrected chi connectivity index (χ2v) is 4.00. The van der Waals surface area contributed by atoms with Crippen LogP contribution in [-0.2, 0) is 4.79 Å². The Bertz CT molecular complexity index is 368. The van der Waals surface area contributed by atoms with Crippen molar-refractivity contribution in [1.82, 2.24) is 4.90 Å². The van der Waals surface area contributed by atoms with Gasteiger partial charge in [-0.3, -0.25) is 4.79 Å². The van der Waals surface area contributed by atoms with Crippen molar-refractivity contribution >= 4 is 12.0 Å². The van der Waals surface area contributed by atoms with Crippen molar-refractivity contribution in [3.8, 4) is 0 Å². The van der Waals surface area contributed by atoms with Gasteiger partial charge in [-0.2, -0.15) is 0 Å². The van der Waals surface area contributed by atoms with E-state index in [1.807, 2.05) is 39.1 Å². The van der Waals surface area contributed by atoms with Crippen molar-refractivity contribution in [3.05, 3.63) is 41.5 Å². The number of benzene rings is 1. The molecule has 1 amide bonds. The van der Waals surface area contributed by atoms with Crippen LogP contribution in [0.5, 0.6) is 0 Å². The monoisotopic (exact) mass is 217 g/mol. The zero-order valence-electron chi connectivity index (χ0n) is 10.2. The molecule has 0 spiro atoms. The fourth-order valence-electron chi connectivity index (χ4n) is 1.61. The van der Waals surface area contributed by atoms with Crippen LogP contribution in [-0.4, -0.2) is 24.4 Å². The molecule has 2 nitrogen and oxygen atoms in total. The van der Waals surface area contributed by atoms with Crippen LogP contribution in [0.1, 0.15) is 25.8 Å². The van der Waals surface area contributed by atoms with Crippen LogP contribution >= 0.6 is 0 Å². The highest BCUT2D eigenvalue weighted by Crippen LogP contribution is 2.07. The molecule has 1 aromatic carbocycles. The standard InChI is InChI=1S/C14H19NO/c1-4-14(16)15(3)11-12(2)10-13-8-6-5-7-9-13/h5-10H,4,11H2,1-3H3. The van der Waals surface area contributed by atoms with Gasteiger partial charge in [-0.25, -0.2) is 0 Å². The molecule has 0 N–H and O–H groups in total. The molecule has 0 saturated heterocycles. The van der Waals surface area contributed by atoms with Crippen LogP contribution in [0.2, 0.25) is 0 Å². The highest BCUT2D eigenvalue weighted by Gasteiger charge is 2.05. The Hall–Kier alpha value is -1.57. The Kier molecular flexibility index (Phi) is 4.77. The maximum atomic E-state index is 11.4. The number of carbonyl (C=O) groups is 1. The quantitative estimate of drug-likeness (QED) is 0.759. The van der Waals surface area contributed by atoms with Gasteiger partial charge in [-0.05, 0) is 12.5 Å². The molecule has 0 aliphatic heterocycles. The van der Waals surface area contributed by atoms with Gasteiger partial charge in [-0.1, -0.05) is 48.9 Å². The average Bonchev–Trinajstić information content (AvgIpc) is 2.29. The van der Waals surface area contributed by atoms with Crippen molar-refractivity contribution in [2.75, 3.05) is 13.6 Å². The van der Waals surface area contributed by atoms with E-state index in [0.29, 0.717) is 13.0 Å². The summed E-state index contributed by atoms with van der Waals surface area (Å²) in [6.45, 7) is 4.63. The van der Waals surface area contributed by atoms with Gasteiger partial charge in [0.2, 0.25) is 5.91 Å². The van der Waals surface area contributed by atoms with Gasteiger partial charge in [0, 0.05) is 20.0 Å². The zero-order valence-corrected chi connectivity index (χ0v) is 10.2. The Morgan fingerprint density at radius 3 is 2.50 bits per heavy atom. The summed E-state index contributed by atoms with van der Waals surface area (Å²) in [5, 5.41) is 0. The summed E-state index contributed by atoms with van der Waals surface area (Å²) in [5.74, 6) is 0.181. The Labute approximate surface area is 97.6 Å². The minimum atomic E-state index is 0.181. The van der Waals surface area contributed by atoms with Crippen LogP contribution in [0.4, 0.5) is 0 Å². The van der Waals surface area contributed by atoms with Gasteiger partial charge in [-0.15, -0.1) is 0 Å². The molecule has 16 heavy (non-hydrogen) atoms. The predicted molar refractivity (Wildman–Crippen MR) is 68.0 cm³/mol. The molecule has 0 radical (unpaired) electrons. The largest absolute Gasteiger partial charge is 0.342 e. The Morgan fingerprint density at radius 2 is 1.94 bits per heavy atom. The molecule has 2 heteroatoms. The summed E-state index contributed by atoms with van der Waals surface area (Å²) in [4.78, 5) is 13.2. The first-order valence-electron chi connectivity index (χ1n) is 5.59. The molecule has 0 unspecified atom stereocenters. The van der Waals surface area contributed by atoms with E-state index in [4.69, 9.17) is 0 Å². The van der Waals surface area contributed by atoms with Crippen LogP contribution in [0.15, 0.2) is 35.9 Å². The lowest BCUT2D eigenvalue weighted by molar-refractivity contribution is -0.129. The molecule has 86 valence electrons. The first kappa shape index (κ1) is 12.5. The topological polar surface area (TPSA) is 20.3 Å². The zero-order chi connectivity index (χ0) is 12.0. The third-order valence-corrected chi connectivity index (χ3v) is 2.43. The molecule has 0 aliphatic rings. The number of nitrogens with zero attached hydrogens (tertiary/aromatic N) is 1. The summed E-state index contributed by atoms with van der Waals surface area (Å²) < 4.78 is 0. The lowest BCUT2D eigenvalue weighted by Crippen LogP contribution is -2.27. The molecule has 0 aromatic heterocycles. The minimum Gasteiger partial charge on any atom is -0.342 e. The molecular formula is C14H19NO. The van der Waals surface area contributed by atoms with Crippen LogP contribution in [0.3, 0.4) is 0 Å². The fraction of sp³-hybridized carbons (Fsp3) is 0.357. The fourth-order valence-corrected chi connectivity index (χ4v) is 1.61. The molecule has 1 rings (SSSR count). The molecule has 0 aliphatic carbocycles. The molecule has 0 fully saturated rings. The number of amides is 1. The lowest BCUT2D eigenvalue weighted by atomic mass is 10.1. The molecular weight excluding hydrogens is 198 g/mol. The van der Waals surface area contributed by atoms with Crippen LogP contribution in [0, 0.1) is 0 Å². The van der Waals surface area contributed by atoms with Crippen molar-refractivity contribution in [2.45, 2.75) is 20.3 Å². The third kappa shape index (κ3) is 3.89. The highest BCUT2D eigenvalue weighted by atomic mass is 16.2. The highest BCUT2D eigenvalue weighted by molar-refractivity contribution is 5.76. The first-order chi connectivity index (χ1) is 7.63. The van der Waals surface area contributed by atoms with E-state index in [-0.39, 0.29) is 5.91 Å². The van der Waals surface area contributed by atoms with E-state index >= 15 is 0 Å². The molecule has 0 heterocycles. The van der Waals surface area contributed by atoms with Gasteiger partial charge in [0.1, 0.15) is 0 Å². The minimum absolute atomic E-state index is 0.181. The normalized spacial score (nSPS) is 11.3. The van der Waals surface area contributed by atoms with Crippen LogP contribution < -0.4 is 0 Å². The second-order valence-electron chi connectivity index (χ2n) is 4.00. The summed E-state index contributed by atoms with van der Waals surface area (Å²) in [5.41, 5.74) is 2.37. The van der Waals surface area contributed by atoms with Gasteiger partial charge in [0.25, 0.3) is 0 Å². The molecule has 0 saturated carbocycles. The van der Waals surface area contributed by atoms with Crippen molar-refractivity contribution < 1.29 is 4.79 Å². The van der Waals surface area contributed by atoms with Crippen molar-refractivity contribution in [2.24, 2.45) is 0 Å². The number of hydrogen-bond acceptors (Lipinski definition) is 1. The first-order valence-corrected chi connectivity index (χ1v) is 5.59. The lowest BCUT2D eigenvalue weighted by Gasteiger charge is -2.16. The van der Waals surface area contributed by atoms with E-state index in [1.54, 1.807) is 4.90 Å². The Balaban J connectivity index is 2.62. The number of rotatable bonds is 4. The smallest absolute Gasteiger partial charge is 0.222 e. The summed E-state index contributed by atoms with van der Waals surface area (Å²) in [6.07, 6.45) is 2.68. The summed E-state index contributed by atoms with van der Waals surface area (Å²) in [6, 6.07) is 10.1. The average molecular weight is 217 g/mol. The maximum Gasteiger partial charge on any atom is 0.222 e. The summed E-state index contributed by atoms with van der Waals surface area (Å²) >= 11 is 0. The number of carbonyl (C=O) groups excluding carboxylic acids is 1. The number of likely N-dealkylation sites (N-methyl/N-ethyl adjacent to an activating group) is 1. The van der Waals surface area contributed by atoms with Gasteiger partial charge < -0.3 is 4.90 Å².